The minimum absolute atomic E-state index is 0.304. The Morgan fingerprint density at radius 3 is 2.43 bits per heavy atom. The van der Waals surface area contributed by atoms with Gasteiger partial charge in [-0.2, -0.15) is 0 Å². The van der Waals surface area contributed by atoms with Crippen LogP contribution in [0.25, 0.3) is 0 Å². The Balaban J connectivity index is 1.74. The predicted molar refractivity (Wildman–Crippen MR) is 91.2 cm³/mol. The van der Waals surface area contributed by atoms with Gasteiger partial charge >= 0.3 is 0 Å². The Morgan fingerprint density at radius 1 is 1.17 bits per heavy atom. The van der Waals surface area contributed by atoms with Crippen molar-refractivity contribution in [3.8, 4) is 11.5 Å². The number of hydrogen-bond donors (Lipinski definition) is 2. The van der Waals surface area contributed by atoms with Crippen LogP contribution < -0.4 is 14.8 Å². The van der Waals surface area contributed by atoms with Gasteiger partial charge in [-0.15, -0.1) is 0 Å². The number of hydrogen-bond acceptors (Lipinski definition) is 5. The lowest BCUT2D eigenvalue weighted by molar-refractivity contribution is -0.0272. The fourth-order valence-electron chi connectivity index (χ4n) is 3.00. The quantitative estimate of drug-likeness (QED) is 0.863. The first-order valence-electron chi connectivity index (χ1n) is 7.87. The van der Waals surface area contributed by atoms with Crippen LogP contribution in [0.1, 0.15) is 11.1 Å². The third-order valence-electron chi connectivity index (χ3n) is 4.48. The van der Waals surface area contributed by atoms with E-state index in [2.05, 4.69) is 10.2 Å². The lowest BCUT2D eigenvalue weighted by Gasteiger charge is -2.35. The van der Waals surface area contributed by atoms with E-state index in [1.807, 2.05) is 13.8 Å². The molecule has 7 heteroatoms. The molecule has 2 N–H and O–H groups in total. The van der Waals surface area contributed by atoms with Crippen LogP contribution in [0.2, 0.25) is 10.0 Å². The minimum atomic E-state index is -0.615. The van der Waals surface area contributed by atoms with Crippen molar-refractivity contribution in [1.29, 1.82) is 0 Å². The van der Waals surface area contributed by atoms with Gasteiger partial charge in [-0.1, -0.05) is 23.2 Å². The summed E-state index contributed by atoms with van der Waals surface area (Å²) in [5.74, 6) is 1.22. The molecule has 0 spiro atoms. The second-order valence-electron chi connectivity index (χ2n) is 6.12. The first-order valence-corrected chi connectivity index (χ1v) is 8.63. The van der Waals surface area contributed by atoms with Crippen LogP contribution in [-0.4, -0.2) is 61.5 Å². The molecule has 2 heterocycles. The number of aliphatic hydroxyl groups is 1. The number of nitrogens with zero attached hydrogens (tertiary/aromatic N) is 1. The lowest BCUT2D eigenvalue weighted by atomic mass is 10.1. The summed E-state index contributed by atoms with van der Waals surface area (Å²) < 4.78 is 11.9. The van der Waals surface area contributed by atoms with Crippen molar-refractivity contribution in [2.45, 2.75) is 26.1 Å². The normalized spacial score (nSPS) is 22.9. The van der Waals surface area contributed by atoms with Crippen LogP contribution in [0.4, 0.5) is 0 Å². The number of fused-ring (bicyclic) bond motifs is 1. The van der Waals surface area contributed by atoms with Crippen LogP contribution in [0.5, 0.6) is 11.5 Å². The molecule has 3 rings (SSSR count). The van der Waals surface area contributed by atoms with E-state index >= 15 is 0 Å². The summed E-state index contributed by atoms with van der Waals surface area (Å²) in [5, 5.41) is 14.8. The average Bonchev–Trinajstić information content (AvgIpc) is 2.58. The van der Waals surface area contributed by atoms with Gasteiger partial charge in [-0.05, 0) is 13.8 Å². The van der Waals surface area contributed by atoms with E-state index in [9.17, 15) is 5.11 Å². The van der Waals surface area contributed by atoms with Gasteiger partial charge in [0, 0.05) is 43.9 Å². The highest BCUT2D eigenvalue weighted by Crippen LogP contribution is 2.46. The highest BCUT2D eigenvalue weighted by molar-refractivity contribution is 6.43. The molecule has 2 aliphatic rings. The molecule has 5 nitrogen and oxygen atoms in total. The number of halogens is 2. The van der Waals surface area contributed by atoms with Crippen LogP contribution in [0.15, 0.2) is 0 Å². The molecule has 23 heavy (non-hydrogen) atoms. The largest absolute Gasteiger partial charge is 0.485 e. The third kappa shape index (κ3) is 3.39. The first-order chi connectivity index (χ1) is 11.0. The average molecular weight is 361 g/mol. The number of ether oxygens (including phenoxy) is 2. The number of rotatable bonds is 3. The molecule has 2 unspecified atom stereocenters. The number of aliphatic hydroxyl groups excluding tert-OH is 1. The van der Waals surface area contributed by atoms with Gasteiger partial charge in [0.05, 0.1) is 10.0 Å². The van der Waals surface area contributed by atoms with E-state index in [1.54, 1.807) is 0 Å². The highest BCUT2D eigenvalue weighted by atomic mass is 35.5. The Hall–Kier alpha value is -0.720. The molecule has 0 radical (unpaired) electrons. The molecule has 2 atom stereocenters. The zero-order chi connectivity index (χ0) is 16.6. The summed E-state index contributed by atoms with van der Waals surface area (Å²) in [6, 6.07) is 0. The lowest BCUT2D eigenvalue weighted by Crippen LogP contribution is -2.51. The SMILES string of the molecule is Cc1c(Cl)c(Cl)c(C)c2c1OCC(C(O)CN1CCNCC1)O2. The maximum absolute atomic E-state index is 10.5. The van der Waals surface area contributed by atoms with Crippen molar-refractivity contribution in [3.05, 3.63) is 21.2 Å². The summed E-state index contributed by atoms with van der Waals surface area (Å²) in [4.78, 5) is 2.23. The Morgan fingerprint density at radius 2 is 1.78 bits per heavy atom. The van der Waals surface area contributed by atoms with Crippen LogP contribution in [-0.2, 0) is 0 Å². The van der Waals surface area contributed by atoms with Crippen molar-refractivity contribution in [1.82, 2.24) is 10.2 Å². The number of β-amino-alcohol motifs (C(OH)–C–C–N with tert-alkyl or cyclic N) is 1. The summed E-state index contributed by atoms with van der Waals surface area (Å²) >= 11 is 12.5. The van der Waals surface area contributed by atoms with Crippen LogP contribution in [0, 0.1) is 13.8 Å². The molecule has 0 aromatic heterocycles. The van der Waals surface area contributed by atoms with E-state index in [-0.39, 0.29) is 0 Å². The topological polar surface area (TPSA) is 54.0 Å². The van der Waals surface area contributed by atoms with Gasteiger partial charge in [0.1, 0.15) is 12.7 Å². The maximum atomic E-state index is 10.5. The molecule has 0 amide bonds. The second kappa shape index (κ2) is 7.03. The molecule has 1 aromatic rings. The van der Waals surface area contributed by atoms with Crippen LogP contribution in [0.3, 0.4) is 0 Å². The molecular weight excluding hydrogens is 339 g/mol. The standard InChI is InChI=1S/C16H22Cl2N2O3/c1-9-13(17)14(18)10(2)16-15(9)22-8-12(23-16)11(21)7-20-5-3-19-4-6-20/h11-12,19,21H,3-8H2,1-2H3. The molecule has 0 aliphatic carbocycles. The van der Waals surface area contributed by atoms with Crippen molar-refractivity contribution in [2.75, 3.05) is 39.3 Å². The molecule has 1 saturated heterocycles. The van der Waals surface area contributed by atoms with Crippen molar-refractivity contribution in [3.63, 3.8) is 0 Å². The molecule has 0 saturated carbocycles. The summed E-state index contributed by atoms with van der Waals surface area (Å²) in [5.41, 5.74) is 1.52. The van der Waals surface area contributed by atoms with Crippen molar-refractivity contribution < 1.29 is 14.6 Å². The first kappa shape index (κ1) is 17.1. The smallest absolute Gasteiger partial charge is 0.166 e. The maximum Gasteiger partial charge on any atom is 0.166 e. The second-order valence-corrected chi connectivity index (χ2v) is 6.88. The zero-order valence-corrected chi connectivity index (χ0v) is 14.9. The van der Waals surface area contributed by atoms with E-state index in [4.69, 9.17) is 32.7 Å². The summed E-state index contributed by atoms with van der Waals surface area (Å²) in [6.45, 7) is 8.34. The Kier molecular flexibility index (Phi) is 5.23. The van der Waals surface area contributed by atoms with Crippen molar-refractivity contribution >= 4 is 23.2 Å². The van der Waals surface area contributed by atoms with Gasteiger partial charge in [0.2, 0.25) is 0 Å². The minimum Gasteiger partial charge on any atom is -0.485 e. The van der Waals surface area contributed by atoms with Gasteiger partial charge in [0.15, 0.2) is 17.6 Å². The summed E-state index contributed by atoms with van der Waals surface area (Å²) in [6.07, 6.45) is -1.02. The molecule has 1 aromatic carbocycles. The van der Waals surface area contributed by atoms with Crippen molar-refractivity contribution in [2.24, 2.45) is 0 Å². The summed E-state index contributed by atoms with van der Waals surface area (Å²) in [7, 11) is 0. The van der Waals surface area contributed by atoms with Gasteiger partial charge in [-0.3, -0.25) is 4.90 Å². The van der Waals surface area contributed by atoms with E-state index in [0.29, 0.717) is 34.7 Å². The highest BCUT2D eigenvalue weighted by Gasteiger charge is 2.32. The predicted octanol–water partition coefficient (Wildman–Crippen LogP) is 2.02. The van der Waals surface area contributed by atoms with E-state index in [0.717, 1.165) is 37.3 Å². The molecule has 2 aliphatic heterocycles. The molecule has 128 valence electrons. The monoisotopic (exact) mass is 360 g/mol. The number of piperazine rings is 1. The van der Waals surface area contributed by atoms with Gasteiger partial charge in [-0.25, -0.2) is 0 Å². The number of benzene rings is 1. The third-order valence-corrected chi connectivity index (χ3v) is 5.53. The fourth-order valence-corrected chi connectivity index (χ4v) is 3.46. The van der Waals surface area contributed by atoms with Gasteiger partial charge in [0.25, 0.3) is 0 Å². The molecule has 0 bridgehead atoms. The van der Waals surface area contributed by atoms with E-state index < -0.39 is 12.2 Å². The van der Waals surface area contributed by atoms with Crippen LogP contribution >= 0.6 is 23.2 Å². The number of nitrogens with one attached hydrogen (secondary N) is 1. The van der Waals surface area contributed by atoms with E-state index in [1.165, 1.54) is 0 Å². The zero-order valence-electron chi connectivity index (χ0n) is 13.4. The molecule has 1 fully saturated rings. The Labute approximate surface area is 146 Å². The fraction of sp³-hybridized carbons (Fsp3) is 0.625. The Bertz CT molecular complexity index is 591. The van der Waals surface area contributed by atoms with Gasteiger partial charge < -0.3 is 19.9 Å². The molecular formula is C16H22Cl2N2O3.